The van der Waals surface area contributed by atoms with Gasteiger partial charge in [-0.3, -0.25) is 19.3 Å². The zero-order valence-electron chi connectivity index (χ0n) is 19.3. The van der Waals surface area contributed by atoms with Crippen LogP contribution in [0.25, 0.3) is 0 Å². The molecule has 5 N–H and O–H groups in total. The molecule has 4 heterocycles. The molecule has 18 heteroatoms. The number of oxime groups is 1. The van der Waals surface area contributed by atoms with E-state index in [1.54, 1.807) is 6.92 Å². The van der Waals surface area contributed by atoms with Crippen molar-refractivity contribution in [2.75, 3.05) is 24.3 Å². The molecule has 198 valence electrons. The van der Waals surface area contributed by atoms with Crippen molar-refractivity contribution >= 4 is 110 Å². The van der Waals surface area contributed by atoms with Crippen LogP contribution in [0.1, 0.15) is 16.3 Å². The van der Waals surface area contributed by atoms with Gasteiger partial charge in [-0.1, -0.05) is 16.9 Å². The summed E-state index contributed by atoms with van der Waals surface area (Å²) in [7, 11) is 1.26. The van der Waals surface area contributed by atoms with Gasteiger partial charge in [0.05, 0.1) is 12.1 Å². The molecule has 2 aliphatic heterocycles. The zero-order chi connectivity index (χ0) is 26.9. The summed E-state index contributed by atoms with van der Waals surface area (Å²) in [6.45, 7) is 1.72. The van der Waals surface area contributed by atoms with Gasteiger partial charge in [-0.15, -0.1) is 34.4 Å². The fraction of sp³-hybridized carbons (Fsp3) is 0.350. The topological polar surface area (TPSA) is 197 Å². The number of nitrogens with zero attached hydrogens (tertiary/aromatic N) is 4. The average molecular weight is 609 g/mol. The summed E-state index contributed by atoms with van der Waals surface area (Å²) < 4.78 is 0.617. The van der Waals surface area contributed by atoms with E-state index in [4.69, 9.17) is 15.7 Å². The molecule has 2 amide bonds. The van der Waals surface area contributed by atoms with Gasteiger partial charge in [0, 0.05) is 21.8 Å². The Morgan fingerprint density at radius 3 is 2.68 bits per heavy atom. The Balaban J connectivity index is 0.00000400. The van der Waals surface area contributed by atoms with Gasteiger partial charge in [-0.2, -0.15) is 0 Å². The van der Waals surface area contributed by atoms with Gasteiger partial charge in [-0.25, -0.2) is 14.8 Å². The Kier molecular flexibility index (Phi) is 10.2. The Morgan fingerprint density at radius 1 is 1.34 bits per heavy atom. The number of aryl methyl sites for hydroxylation is 1. The van der Waals surface area contributed by atoms with Crippen molar-refractivity contribution in [2.45, 2.75) is 29.1 Å². The standard InChI is InChI=1S/C20H20N6O7S4.Na.H/c1-7-10(3-11(27)28)37-20(22-7)36-5-8-4-34-17-13(16(30)26(17)14(8)18(31)32)24-15(29)12(25-33-2)9-6-35-19(21)23-9;;/h6,13,17H,3-5H2,1-2H3,(H2,21,23)(H,24,29)(H,27,28)(H,31,32);;/t13-,17-;;/m1../s1. The van der Waals surface area contributed by atoms with Crippen LogP contribution >= 0.6 is 46.2 Å². The van der Waals surface area contributed by atoms with Crippen molar-refractivity contribution in [2.24, 2.45) is 5.16 Å². The van der Waals surface area contributed by atoms with E-state index in [2.05, 4.69) is 20.4 Å². The number of carbonyl (C=O) groups is 4. The predicted octanol–water partition coefficient (Wildman–Crippen LogP) is 0.350. The zero-order valence-corrected chi connectivity index (χ0v) is 22.6. The number of carbonyl (C=O) groups excluding carboxylic acids is 2. The predicted molar refractivity (Wildman–Crippen MR) is 146 cm³/mol. The number of nitrogen functional groups attached to an aromatic ring is 1. The molecule has 2 atom stereocenters. The number of carboxylic acids is 2. The fourth-order valence-corrected chi connectivity index (χ4v) is 7.87. The number of thioether (sulfide) groups is 2. The number of nitrogens with one attached hydrogen (secondary N) is 1. The number of anilines is 1. The van der Waals surface area contributed by atoms with E-state index in [1.807, 2.05) is 0 Å². The number of fused-ring (bicyclic) bond motifs is 1. The van der Waals surface area contributed by atoms with Crippen LogP contribution in [0.2, 0.25) is 0 Å². The number of hydrogen-bond donors (Lipinski definition) is 4. The van der Waals surface area contributed by atoms with Crippen LogP contribution in [0.5, 0.6) is 0 Å². The van der Waals surface area contributed by atoms with Gasteiger partial charge in [0.2, 0.25) is 0 Å². The second-order valence-corrected chi connectivity index (χ2v) is 12.0. The Morgan fingerprint density at radius 2 is 2.08 bits per heavy atom. The molecule has 1 fully saturated rings. The molecule has 0 aliphatic carbocycles. The van der Waals surface area contributed by atoms with E-state index in [-0.39, 0.29) is 64.0 Å². The third-order valence-corrected chi connectivity index (χ3v) is 9.65. The molecule has 38 heavy (non-hydrogen) atoms. The van der Waals surface area contributed by atoms with E-state index in [1.165, 1.54) is 52.3 Å². The first kappa shape index (κ1) is 30.4. The summed E-state index contributed by atoms with van der Waals surface area (Å²) in [4.78, 5) is 63.9. The average Bonchev–Trinajstić information content (AvgIpc) is 3.42. The number of amides is 2. The summed E-state index contributed by atoms with van der Waals surface area (Å²) in [6.07, 6.45) is -0.132. The van der Waals surface area contributed by atoms with Crippen LogP contribution in [0.3, 0.4) is 0 Å². The van der Waals surface area contributed by atoms with Crippen LogP contribution in [-0.2, 0) is 30.4 Å². The Bertz CT molecular complexity index is 1340. The van der Waals surface area contributed by atoms with Gasteiger partial charge < -0.3 is 26.1 Å². The monoisotopic (exact) mass is 608 g/mol. The van der Waals surface area contributed by atoms with Gasteiger partial charge in [0.25, 0.3) is 11.8 Å². The number of hydrogen-bond acceptors (Lipinski definition) is 13. The summed E-state index contributed by atoms with van der Waals surface area (Å²) in [6, 6.07) is -0.959. The van der Waals surface area contributed by atoms with E-state index >= 15 is 0 Å². The van der Waals surface area contributed by atoms with E-state index in [0.29, 0.717) is 26.2 Å². The molecule has 0 spiro atoms. The SMILES string of the molecule is CON=C(C(=O)N[C@@H]1C(=O)N2C(C(=O)O)=C(CSc3nc(C)c(CC(=O)O)s3)CS[C@H]12)c1csc(N)n1.[NaH]. The van der Waals surface area contributed by atoms with Crippen molar-refractivity contribution < 1.29 is 34.2 Å². The Labute approximate surface area is 254 Å². The minimum absolute atomic E-state index is 0. The second-order valence-electron chi connectivity index (χ2n) is 7.66. The number of thiazole rings is 2. The maximum absolute atomic E-state index is 13.0. The molecule has 0 aromatic carbocycles. The van der Waals surface area contributed by atoms with Gasteiger partial charge >= 0.3 is 41.5 Å². The first-order chi connectivity index (χ1) is 17.6. The number of aliphatic carboxylic acids is 2. The summed E-state index contributed by atoms with van der Waals surface area (Å²) in [5.74, 6) is -2.89. The van der Waals surface area contributed by atoms with Gasteiger partial charge in [-0.05, 0) is 12.5 Å². The molecule has 2 aliphatic rings. The van der Waals surface area contributed by atoms with Crippen molar-refractivity contribution in [1.29, 1.82) is 0 Å². The van der Waals surface area contributed by atoms with Crippen molar-refractivity contribution in [3.05, 3.63) is 32.9 Å². The molecule has 0 radical (unpaired) electrons. The number of carboxylic acid groups (broad SMARTS) is 2. The molecule has 2 aromatic heterocycles. The number of nitrogens with two attached hydrogens (primary N) is 1. The molecule has 0 unspecified atom stereocenters. The molecule has 1 saturated heterocycles. The molecular formula is C20H21N6NaO7S4. The van der Waals surface area contributed by atoms with E-state index < -0.39 is 35.2 Å². The number of aromatic nitrogens is 2. The van der Waals surface area contributed by atoms with Crippen molar-refractivity contribution in [3.63, 3.8) is 0 Å². The van der Waals surface area contributed by atoms with Crippen LogP contribution in [-0.4, -0.2) is 114 Å². The van der Waals surface area contributed by atoms with Crippen LogP contribution < -0.4 is 11.1 Å². The molecule has 0 bridgehead atoms. The molecule has 0 saturated carbocycles. The van der Waals surface area contributed by atoms with Crippen LogP contribution in [0.4, 0.5) is 5.13 Å². The first-order valence-corrected chi connectivity index (χ1v) is 14.2. The van der Waals surface area contributed by atoms with Crippen LogP contribution in [0.15, 0.2) is 26.1 Å². The number of β-lactam (4-membered cyclic amide) rings is 1. The fourth-order valence-electron chi connectivity index (χ4n) is 3.61. The van der Waals surface area contributed by atoms with E-state index in [0.717, 1.165) is 11.3 Å². The Hall–Kier alpha value is -2.15. The van der Waals surface area contributed by atoms with Crippen molar-refractivity contribution in [3.8, 4) is 0 Å². The number of rotatable bonds is 10. The summed E-state index contributed by atoms with van der Waals surface area (Å²) in [5, 5.41) is 26.3. The minimum atomic E-state index is -1.25. The summed E-state index contributed by atoms with van der Waals surface area (Å²) in [5.41, 5.74) is 6.70. The van der Waals surface area contributed by atoms with Crippen LogP contribution in [0, 0.1) is 6.92 Å². The maximum atomic E-state index is 13.0. The third-order valence-electron chi connectivity index (χ3n) is 5.25. The van der Waals surface area contributed by atoms with Gasteiger partial charge in [0.1, 0.15) is 29.9 Å². The molecule has 4 rings (SSSR count). The second kappa shape index (κ2) is 12.8. The summed E-state index contributed by atoms with van der Waals surface area (Å²) >= 11 is 4.98. The normalized spacial score (nSPS) is 18.8. The molecule has 2 aromatic rings. The quantitative estimate of drug-likeness (QED) is 0.0951. The van der Waals surface area contributed by atoms with Crippen molar-refractivity contribution in [1.82, 2.24) is 20.2 Å². The third kappa shape index (κ3) is 6.35. The first-order valence-electron chi connectivity index (χ1n) is 10.4. The molecular weight excluding hydrogens is 588 g/mol. The van der Waals surface area contributed by atoms with Gasteiger partial charge in [0.15, 0.2) is 15.2 Å². The molecule has 13 nitrogen and oxygen atoms in total. The van der Waals surface area contributed by atoms with E-state index in [9.17, 15) is 24.3 Å².